The normalized spacial score (nSPS) is 10.7. The molecule has 0 radical (unpaired) electrons. The van der Waals surface area contributed by atoms with E-state index >= 15 is 0 Å². The van der Waals surface area contributed by atoms with Gasteiger partial charge in [-0.2, -0.15) is 0 Å². The summed E-state index contributed by atoms with van der Waals surface area (Å²) < 4.78 is 0. The Balaban J connectivity index is 2.12. The first kappa shape index (κ1) is 11.6. The average molecular weight is 214 g/mol. The Morgan fingerprint density at radius 2 is 2.36 bits per heavy atom. The lowest BCUT2D eigenvalue weighted by atomic mass is 10.3. The van der Waals surface area contributed by atoms with Crippen LogP contribution in [0.2, 0.25) is 0 Å². The maximum Gasteiger partial charge on any atom is 0.0926 e. The van der Waals surface area contributed by atoms with Crippen LogP contribution in [-0.4, -0.2) is 23.2 Å². The summed E-state index contributed by atoms with van der Waals surface area (Å²) in [6.45, 7) is 4.22. The fraction of sp³-hybridized carbons (Fsp3) is 0.700. The Bertz CT molecular complexity index is 250. The van der Waals surface area contributed by atoms with Crippen LogP contribution in [0.5, 0.6) is 0 Å². The molecule has 1 aromatic heterocycles. The Labute approximate surface area is 89.2 Å². The minimum atomic E-state index is 0.290. The molecule has 14 heavy (non-hydrogen) atoms. The van der Waals surface area contributed by atoms with Gasteiger partial charge in [-0.3, -0.25) is 0 Å². The summed E-state index contributed by atoms with van der Waals surface area (Å²) in [4.78, 5) is 4.45. The quantitative estimate of drug-likeness (QED) is 0.677. The zero-order valence-electron chi connectivity index (χ0n) is 8.62. The lowest BCUT2D eigenvalue weighted by molar-refractivity contribution is 0.283. The second-order valence-corrected chi connectivity index (χ2v) is 4.14. The van der Waals surface area contributed by atoms with Crippen molar-refractivity contribution in [3.8, 4) is 0 Å². The van der Waals surface area contributed by atoms with E-state index in [-0.39, 0.29) is 0 Å². The second kappa shape index (κ2) is 6.92. The van der Waals surface area contributed by atoms with E-state index in [2.05, 4.69) is 22.6 Å². The topological polar surface area (TPSA) is 45.2 Å². The molecule has 0 amide bonds. The molecule has 0 atom stereocenters. The number of rotatable bonds is 7. The predicted molar refractivity (Wildman–Crippen MR) is 59.5 cm³/mol. The lowest BCUT2D eigenvalue weighted by Gasteiger charge is -2.00. The summed E-state index contributed by atoms with van der Waals surface area (Å²) in [5.74, 6) is 0. The maximum absolute atomic E-state index is 8.58. The smallest absolute Gasteiger partial charge is 0.0926 e. The van der Waals surface area contributed by atoms with E-state index in [0.29, 0.717) is 6.61 Å². The molecule has 3 nitrogen and oxygen atoms in total. The number of hydrogen-bond donors (Lipinski definition) is 2. The summed E-state index contributed by atoms with van der Waals surface area (Å²) in [5.41, 5.74) is 1.14. The van der Waals surface area contributed by atoms with Crippen LogP contribution in [0.1, 0.15) is 30.5 Å². The van der Waals surface area contributed by atoms with E-state index in [0.717, 1.165) is 38.0 Å². The van der Waals surface area contributed by atoms with Gasteiger partial charge in [0, 0.05) is 18.5 Å². The van der Waals surface area contributed by atoms with Crippen LogP contribution < -0.4 is 5.32 Å². The van der Waals surface area contributed by atoms with Crippen molar-refractivity contribution in [2.24, 2.45) is 0 Å². The Morgan fingerprint density at radius 1 is 1.50 bits per heavy atom. The monoisotopic (exact) mass is 214 g/mol. The third-order valence-corrected chi connectivity index (χ3v) is 3.01. The predicted octanol–water partition coefficient (Wildman–Crippen LogP) is 1.57. The van der Waals surface area contributed by atoms with Gasteiger partial charge in [-0.25, -0.2) is 4.98 Å². The van der Waals surface area contributed by atoms with Gasteiger partial charge in [0.1, 0.15) is 0 Å². The number of aliphatic hydroxyl groups is 1. The molecule has 1 aromatic rings. The summed E-state index contributed by atoms with van der Waals surface area (Å²) in [7, 11) is 0. The first-order chi connectivity index (χ1) is 6.86. The molecule has 0 bridgehead atoms. The first-order valence-electron chi connectivity index (χ1n) is 5.11. The van der Waals surface area contributed by atoms with Crippen molar-refractivity contribution in [1.82, 2.24) is 10.3 Å². The number of hydrogen-bond acceptors (Lipinski definition) is 4. The number of aliphatic hydroxyl groups excluding tert-OH is 1. The highest BCUT2D eigenvalue weighted by Crippen LogP contribution is 2.09. The highest BCUT2D eigenvalue weighted by Gasteiger charge is 1.98. The van der Waals surface area contributed by atoms with Gasteiger partial charge in [-0.15, -0.1) is 11.3 Å². The minimum absolute atomic E-state index is 0.290. The molecule has 0 fully saturated rings. The highest BCUT2D eigenvalue weighted by molar-refractivity contribution is 7.09. The number of unbranched alkanes of at least 4 members (excludes halogenated alkanes) is 1. The average Bonchev–Trinajstić information content (AvgIpc) is 2.65. The van der Waals surface area contributed by atoms with Gasteiger partial charge >= 0.3 is 0 Å². The van der Waals surface area contributed by atoms with Crippen molar-refractivity contribution in [3.05, 3.63) is 16.1 Å². The number of nitrogens with one attached hydrogen (secondary N) is 1. The third-order valence-electron chi connectivity index (χ3n) is 1.97. The standard InChI is InChI=1S/C10H18N2OS/c1-2-10-12-9(8-14-10)7-11-5-3-4-6-13/h8,11,13H,2-7H2,1H3. The van der Waals surface area contributed by atoms with Crippen molar-refractivity contribution >= 4 is 11.3 Å². The van der Waals surface area contributed by atoms with Crippen LogP contribution in [0.15, 0.2) is 5.38 Å². The SMILES string of the molecule is CCc1nc(CNCCCCO)cs1. The Kier molecular flexibility index (Phi) is 5.75. The van der Waals surface area contributed by atoms with Gasteiger partial charge < -0.3 is 10.4 Å². The molecule has 0 spiro atoms. The van der Waals surface area contributed by atoms with Crippen LogP contribution in [-0.2, 0) is 13.0 Å². The minimum Gasteiger partial charge on any atom is -0.396 e. The third kappa shape index (κ3) is 4.17. The summed E-state index contributed by atoms with van der Waals surface area (Å²) >= 11 is 1.73. The van der Waals surface area contributed by atoms with Gasteiger partial charge in [-0.05, 0) is 25.8 Å². The van der Waals surface area contributed by atoms with Crippen LogP contribution >= 0.6 is 11.3 Å². The molecule has 0 aromatic carbocycles. The zero-order chi connectivity index (χ0) is 10.2. The molecule has 0 aliphatic heterocycles. The number of aromatic nitrogens is 1. The molecule has 2 N–H and O–H groups in total. The largest absolute Gasteiger partial charge is 0.396 e. The lowest BCUT2D eigenvalue weighted by Crippen LogP contribution is -2.15. The second-order valence-electron chi connectivity index (χ2n) is 3.19. The molecular formula is C10H18N2OS. The van der Waals surface area contributed by atoms with Crippen molar-refractivity contribution in [2.45, 2.75) is 32.7 Å². The van der Waals surface area contributed by atoms with Crippen molar-refractivity contribution in [2.75, 3.05) is 13.2 Å². The molecule has 0 unspecified atom stereocenters. The van der Waals surface area contributed by atoms with Crippen LogP contribution in [0.25, 0.3) is 0 Å². The Hall–Kier alpha value is -0.450. The van der Waals surface area contributed by atoms with E-state index in [4.69, 9.17) is 5.11 Å². The molecule has 80 valence electrons. The van der Waals surface area contributed by atoms with Gasteiger partial charge in [0.2, 0.25) is 0 Å². The van der Waals surface area contributed by atoms with Gasteiger partial charge in [0.15, 0.2) is 0 Å². The molecular weight excluding hydrogens is 196 g/mol. The summed E-state index contributed by atoms with van der Waals surface area (Å²) in [6.07, 6.45) is 2.93. The van der Waals surface area contributed by atoms with E-state index in [1.54, 1.807) is 11.3 Å². The Morgan fingerprint density at radius 3 is 3.00 bits per heavy atom. The molecule has 0 saturated heterocycles. The highest BCUT2D eigenvalue weighted by atomic mass is 32.1. The first-order valence-corrected chi connectivity index (χ1v) is 5.99. The number of thiazole rings is 1. The number of aryl methyl sites for hydroxylation is 1. The molecule has 1 rings (SSSR count). The van der Waals surface area contributed by atoms with E-state index < -0.39 is 0 Å². The fourth-order valence-corrected chi connectivity index (χ4v) is 1.92. The zero-order valence-corrected chi connectivity index (χ0v) is 9.44. The molecule has 0 saturated carbocycles. The van der Waals surface area contributed by atoms with Crippen LogP contribution in [0.3, 0.4) is 0 Å². The number of nitrogens with zero attached hydrogens (tertiary/aromatic N) is 1. The van der Waals surface area contributed by atoms with E-state index in [1.807, 2.05) is 0 Å². The van der Waals surface area contributed by atoms with Crippen molar-refractivity contribution < 1.29 is 5.11 Å². The molecule has 0 aliphatic carbocycles. The van der Waals surface area contributed by atoms with Gasteiger partial charge in [-0.1, -0.05) is 6.92 Å². The van der Waals surface area contributed by atoms with Gasteiger partial charge in [0.05, 0.1) is 10.7 Å². The molecule has 1 heterocycles. The van der Waals surface area contributed by atoms with Gasteiger partial charge in [0.25, 0.3) is 0 Å². The van der Waals surface area contributed by atoms with Crippen molar-refractivity contribution in [1.29, 1.82) is 0 Å². The summed E-state index contributed by atoms with van der Waals surface area (Å²) in [5, 5.41) is 15.2. The summed E-state index contributed by atoms with van der Waals surface area (Å²) in [6, 6.07) is 0. The molecule has 0 aliphatic rings. The maximum atomic E-state index is 8.58. The fourth-order valence-electron chi connectivity index (χ4n) is 1.17. The van der Waals surface area contributed by atoms with Crippen LogP contribution in [0, 0.1) is 0 Å². The van der Waals surface area contributed by atoms with Crippen LogP contribution in [0.4, 0.5) is 0 Å². The van der Waals surface area contributed by atoms with E-state index in [9.17, 15) is 0 Å². The van der Waals surface area contributed by atoms with E-state index in [1.165, 1.54) is 5.01 Å². The van der Waals surface area contributed by atoms with Crippen molar-refractivity contribution in [3.63, 3.8) is 0 Å². The molecule has 4 heteroatoms.